The molecule has 8 aromatic carbocycles. The number of nitrogens with zero attached hydrogens (tertiary/aromatic N) is 3. The fraction of sp³-hybridized carbons (Fsp3) is 0. The van der Waals surface area contributed by atoms with Crippen molar-refractivity contribution >= 4 is 54.3 Å². The molecule has 0 unspecified atom stereocenters. The zero-order valence-electron chi connectivity index (χ0n) is 26.3. The average Bonchev–Trinajstić information content (AvgIpc) is 3.56. The Labute approximate surface area is 282 Å². The number of hydrogen-bond donors (Lipinski definition) is 0. The Balaban J connectivity index is 1.25. The van der Waals surface area contributed by atoms with Crippen LogP contribution in [-0.4, -0.2) is 15.0 Å². The number of benzene rings is 8. The van der Waals surface area contributed by atoms with Gasteiger partial charge in [-0.3, -0.25) is 0 Å². The molecule has 228 valence electrons. The zero-order valence-corrected chi connectivity index (χ0v) is 26.3. The quantitative estimate of drug-likeness (QED) is 0.195. The van der Waals surface area contributed by atoms with E-state index in [4.69, 9.17) is 19.4 Å². The van der Waals surface area contributed by atoms with Crippen LogP contribution in [0.2, 0.25) is 0 Å². The highest BCUT2D eigenvalue weighted by Gasteiger charge is 2.21. The maximum Gasteiger partial charge on any atom is 0.164 e. The second kappa shape index (κ2) is 11.0. The first-order valence-electron chi connectivity index (χ1n) is 16.4. The van der Waals surface area contributed by atoms with Crippen LogP contribution >= 0.6 is 0 Å². The van der Waals surface area contributed by atoms with E-state index < -0.39 is 0 Å². The maximum absolute atomic E-state index is 6.68. The van der Waals surface area contributed by atoms with Gasteiger partial charge in [0, 0.05) is 33.0 Å². The van der Waals surface area contributed by atoms with E-state index in [-0.39, 0.29) is 0 Å². The van der Waals surface area contributed by atoms with Crippen molar-refractivity contribution in [1.29, 1.82) is 0 Å². The Hall–Kier alpha value is -6.65. The van der Waals surface area contributed by atoms with Gasteiger partial charge in [-0.15, -0.1) is 0 Å². The lowest BCUT2D eigenvalue weighted by Gasteiger charge is -2.12. The van der Waals surface area contributed by atoms with Crippen LogP contribution in [0.1, 0.15) is 0 Å². The van der Waals surface area contributed by atoms with Crippen LogP contribution in [0.15, 0.2) is 168 Å². The molecule has 10 rings (SSSR count). The van der Waals surface area contributed by atoms with Crippen molar-refractivity contribution < 1.29 is 4.42 Å². The molecule has 0 fully saturated rings. The SMILES string of the molecule is c1ccc2cc(-c3nc(-c4cccc5ccccc45)nc(-c4ccc(-c5ccc6ccccc6c5)c5oc6ccccc6c45)n3)ccc2c1. The van der Waals surface area contributed by atoms with Gasteiger partial charge in [-0.1, -0.05) is 133 Å². The van der Waals surface area contributed by atoms with E-state index in [1.165, 1.54) is 16.2 Å². The standard InChI is InChI=1S/C45H27N3O/c1-3-13-31-26-33(22-20-28(31)10-1)36-24-25-39(41-38-17-7-8-19-40(38)49-42(36)41)45-47-43(34-23-21-29-11-2-4-14-32(29)27-34)46-44(48-45)37-18-9-15-30-12-5-6-16-35(30)37/h1-27H. The zero-order chi connectivity index (χ0) is 32.3. The highest BCUT2D eigenvalue weighted by Crippen LogP contribution is 2.42. The summed E-state index contributed by atoms with van der Waals surface area (Å²) in [5.41, 5.74) is 6.56. The van der Waals surface area contributed by atoms with E-state index in [1.807, 2.05) is 12.1 Å². The summed E-state index contributed by atoms with van der Waals surface area (Å²) >= 11 is 0. The summed E-state index contributed by atoms with van der Waals surface area (Å²) in [7, 11) is 0. The lowest BCUT2D eigenvalue weighted by atomic mass is 9.96. The second-order valence-corrected chi connectivity index (χ2v) is 12.4. The molecule has 2 heterocycles. The smallest absolute Gasteiger partial charge is 0.164 e. The third kappa shape index (κ3) is 4.57. The van der Waals surface area contributed by atoms with E-state index in [2.05, 4.69) is 152 Å². The third-order valence-corrected chi connectivity index (χ3v) is 9.50. The van der Waals surface area contributed by atoms with Gasteiger partial charge in [-0.05, 0) is 68.2 Å². The summed E-state index contributed by atoms with van der Waals surface area (Å²) in [5.74, 6) is 1.85. The van der Waals surface area contributed by atoms with Crippen molar-refractivity contribution in [2.24, 2.45) is 0 Å². The number of hydrogen-bond acceptors (Lipinski definition) is 4. The normalized spacial score (nSPS) is 11.7. The van der Waals surface area contributed by atoms with Crippen molar-refractivity contribution in [3.63, 3.8) is 0 Å². The van der Waals surface area contributed by atoms with Gasteiger partial charge in [0.15, 0.2) is 17.5 Å². The minimum absolute atomic E-state index is 0.600. The van der Waals surface area contributed by atoms with Crippen LogP contribution in [0, 0.1) is 0 Å². The summed E-state index contributed by atoms with van der Waals surface area (Å²) in [6.45, 7) is 0. The number of furan rings is 1. The van der Waals surface area contributed by atoms with Gasteiger partial charge in [0.1, 0.15) is 11.2 Å². The fourth-order valence-corrected chi connectivity index (χ4v) is 7.09. The molecule has 0 aliphatic rings. The lowest BCUT2D eigenvalue weighted by molar-refractivity contribution is 0.670. The van der Waals surface area contributed by atoms with Gasteiger partial charge < -0.3 is 4.42 Å². The average molecular weight is 626 g/mol. The molecule has 0 atom stereocenters. The molecule has 0 saturated carbocycles. The van der Waals surface area contributed by atoms with Crippen LogP contribution in [0.4, 0.5) is 0 Å². The van der Waals surface area contributed by atoms with Crippen molar-refractivity contribution in [3.8, 4) is 45.3 Å². The molecule has 0 amide bonds. The maximum atomic E-state index is 6.68. The summed E-state index contributed by atoms with van der Waals surface area (Å²) in [4.78, 5) is 15.6. The van der Waals surface area contributed by atoms with Crippen LogP contribution in [0.25, 0.3) is 99.5 Å². The second-order valence-electron chi connectivity index (χ2n) is 12.4. The molecule has 0 aliphatic heterocycles. The largest absolute Gasteiger partial charge is 0.455 e. The topological polar surface area (TPSA) is 51.8 Å². The molecule has 10 aromatic rings. The van der Waals surface area contributed by atoms with Crippen LogP contribution in [-0.2, 0) is 0 Å². The monoisotopic (exact) mass is 625 g/mol. The molecule has 0 radical (unpaired) electrons. The van der Waals surface area contributed by atoms with E-state index in [1.54, 1.807) is 0 Å². The van der Waals surface area contributed by atoms with Gasteiger partial charge in [-0.2, -0.15) is 0 Å². The van der Waals surface area contributed by atoms with E-state index >= 15 is 0 Å². The number of fused-ring (bicyclic) bond motifs is 6. The van der Waals surface area contributed by atoms with Gasteiger partial charge in [0.2, 0.25) is 0 Å². The Morgan fingerprint density at radius 2 is 0.898 bits per heavy atom. The van der Waals surface area contributed by atoms with Crippen LogP contribution in [0.3, 0.4) is 0 Å². The summed E-state index contributed by atoms with van der Waals surface area (Å²) in [6.07, 6.45) is 0. The highest BCUT2D eigenvalue weighted by molar-refractivity contribution is 6.16. The Kier molecular flexibility index (Phi) is 6.15. The number of rotatable bonds is 4. The van der Waals surface area contributed by atoms with Crippen LogP contribution in [0.5, 0.6) is 0 Å². The molecule has 0 aliphatic carbocycles. The Bertz CT molecular complexity index is 2900. The van der Waals surface area contributed by atoms with Crippen molar-refractivity contribution in [3.05, 3.63) is 164 Å². The lowest BCUT2D eigenvalue weighted by Crippen LogP contribution is -2.01. The van der Waals surface area contributed by atoms with Crippen molar-refractivity contribution in [2.45, 2.75) is 0 Å². The Morgan fingerprint density at radius 3 is 1.67 bits per heavy atom. The molecule has 2 aromatic heterocycles. The third-order valence-electron chi connectivity index (χ3n) is 9.50. The minimum Gasteiger partial charge on any atom is -0.455 e. The van der Waals surface area contributed by atoms with E-state index in [9.17, 15) is 0 Å². The van der Waals surface area contributed by atoms with E-state index in [0.29, 0.717) is 17.5 Å². The van der Waals surface area contributed by atoms with Crippen molar-refractivity contribution in [1.82, 2.24) is 15.0 Å². The minimum atomic E-state index is 0.600. The molecular formula is C45H27N3O. The van der Waals surface area contributed by atoms with Crippen molar-refractivity contribution in [2.75, 3.05) is 0 Å². The summed E-state index contributed by atoms with van der Waals surface area (Å²) < 4.78 is 6.68. The first kappa shape index (κ1) is 27.5. The van der Waals surface area contributed by atoms with Gasteiger partial charge in [-0.25, -0.2) is 15.0 Å². The number of aromatic nitrogens is 3. The Morgan fingerprint density at radius 1 is 0.347 bits per heavy atom. The summed E-state index contributed by atoms with van der Waals surface area (Å²) in [6, 6.07) is 56.9. The molecular weight excluding hydrogens is 599 g/mol. The molecule has 0 saturated heterocycles. The first-order chi connectivity index (χ1) is 24.3. The fourth-order valence-electron chi connectivity index (χ4n) is 7.09. The molecule has 0 N–H and O–H groups in total. The van der Waals surface area contributed by atoms with Gasteiger partial charge in [0.05, 0.1) is 0 Å². The predicted molar refractivity (Wildman–Crippen MR) is 201 cm³/mol. The molecule has 4 nitrogen and oxygen atoms in total. The molecule has 0 spiro atoms. The number of para-hydroxylation sites is 1. The predicted octanol–water partition coefficient (Wildman–Crippen LogP) is 11.9. The van der Waals surface area contributed by atoms with Gasteiger partial charge in [0.25, 0.3) is 0 Å². The first-order valence-corrected chi connectivity index (χ1v) is 16.4. The van der Waals surface area contributed by atoms with Crippen LogP contribution < -0.4 is 0 Å². The molecule has 49 heavy (non-hydrogen) atoms. The highest BCUT2D eigenvalue weighted by atomic mass is 16.3. The molecule has 0 bridgehead atoms. The summed E-state index contributed by atoms with van der Waals surface area (Å²) in [5, 5.41) is 8.94. The molecule has 4 heteroatoms. The van der Waals surface area contributed by atoms with Gasteiger partial charge >= 0.3 is 0 Å². The van der Waals surface area contributed by atoms with E-state index in [0.717, 1.165) is 65.9 Å².